The van der Waals surface area contributed by atoms with Crippen molar-refractivity contribution in [3.8, 4) is 45.8 Å². The molecule has 5 heterocycles. The van der Waals surface area contributed by atoms with Crippen LogP contribution in [0.15, 0.2) is 147 Å². The average Bonchev–Trinajstić information content (AvgIpc) is 3.96. The number of carbonyl (C=O) groups excluding carboxylic acids is 1. The van der Waals surface area contributed by atoms with E-state index >= 15 is 8.78 Å². The molecule has 2 fully saturated rings. The monoisotopic (exact) mass is 1140 g/mol. The molecule has 0 amide bonds. The number of allylic oxidation sites excluding steroid dienone is 1. The van der Waals surface area contributed by atoms with E-state index in [4.69, 9.17) is 19.3 Å². The van der Waals surface area contributed by atoms with E-state index in [1.807, 2.05) is 57.3 Å². The second kappa shape index (κ2) is 27.2. The van der Waals surface area contributed by atoms with Gasteiger partial charge in [0.25, 0.3) is 0 Å². The molecule has 1 saturated carbocycles. The van der Waals surface area contributed by atoms with Crippen molar-refractivity contribution in [1.82, 2.24) is 29.9 Å². The van der Waals surface area contributed by atoms with E-state index in [0.717, 1.165) is 98.0 Å². The van der Waals surface area contributed by atoms with Crippen LogP contribution in [0.5, 0.6) is 23.0 Å². The number of benzene rings is 6. The fourth-order valence-corrected chi connectivity index (χ4v) is 11.9. The number of nitrogens with zero attached hydrogens (tertiary/aromatic N) is 2. The number of halogens is 4. The van der Waals surface area contributed by atoms with Crippen molar-refractivity contribution in [2.75, 3.05) is 20.3 Å². The molecule has 1 aliphatic heterocycles. The van der Waals surface area contributed by atoms with Crippen LogP contribution in [-0.4, -0.2) is 61.6 Å². The molecule has 10 aromatic rings. The number of aromatic amines is 4. The Kier molecular flexibility index (Phi) is 19.5. The van der Waals surface area contributed by atoms with Gasteiger partial charge in [0.2, 0.25) is 0 Å². The van der Waals surface area contributed by atoms with E-state index in [1.165, 1.54) is 60.0 Å². The first kappa shape index (κ1) is 60.1. The van der Waals surface area contributed by atoms with Gasteiger partial charge in [-0.05, 0) is 130 Å². The topological polar surface area (TPSA) is 154 Å². The van der Waals surface area contributed by atoms with E-state index in [0.29, 0.717) is 71.4 Å². The molecule has 0 bridgehead atoms. The van der Waals surface area contributed by atoms with Crippen molar-refractivity contribution < 1.29 is 41.7 Å². The van der Waals surface area contributed by atoms with Gasteiger partial charge in [0, 0.05) is 119 Å². The number of imidazole rings is 2. The third-order valence-corrected chi connectivity index (χ3v) is 16.2. The first-order chi connectivity index (χ1) is 41.0. The van der Waals surface area contributed by atoms with Crippen LogP contribution in [-0.2, 0) is 33.2 Å². The number of aldehydes is 1. The van der Waals surface area contributed by atoms with Crippen molar-refractivity contribution in [1.29, 1.82) is 0 Å². The number of aromatic nitrogens is 6. The van der Waals surface area contributed by atoms with Gasteiger partial charge in [0.1, 0.15) is 41.1 Å². The molecule has 0 spiro atoms. The minimum atomic E-state index is -0.504. The first-order valence-electron chi connectivity index (χ1n) is 28.8. The summed E-state index contributed by atoms with van der Waals surface area (Å²) in [5.41, 5.74) is 9.25. The van der Waals surface area contributed by atoms with Crippen molar-refractivity contribution in [3.05, 3.63) is 215 Å². The summed E-state index contributed by atoms with van der Waals surface area (Å²) in [5.74, 6) is -0.211. The molecular weight excluding hydrogens is 1070 g/mol. The van der Waals surface area contributed by atoms with Gasteiger partial charge < -0.3 is 44.0 Å². The number of aliphatic hydroxyl groups is 1. The Morgan fingerprint density at radius 2 is 1.06 bits per heavy atom. The maximum absolute atomic E-state index is 15.2. The Morgan fingerprint density at radius 3 is 1.52 bits per heavy atom. The molecule has 6 aromatic carbocycles. The van der Waals surface area contributed by atoms with E-state index < -0.39 is 28.7 Å². The summed E-state index contributed by atoms with van der Waals surface area (Å²) in [4.78, 5) is 33.0. The lowest BCUT2D eigenvalue weighted by molar-refractivity contribution is -0.107. The van der Waals surface area contributed by atoms with E-state index in [2.05, 4.69) is 72.9 Å². The van der Waals surface area contributed by atoms with Gasteiger partial charge in [-0.3, -0.25) is 0 Å². The van der Waals surface area contributed by atoms with Gasteiger partial charge in [0.05, 0.1) is 11.1 Å². The van der Waals surface area contributed by atoms with Crippen molar-refractivity contribution in [2.24, 2.45) is 0 Å². The van der Waals surface area contributed by atoms with Gasteiger partial charge in [-0.25, -0.2) is 27.5 Å². The molecule has 0 radical (unpaired) electrons. The lowest BCUT2D eigenvalue weighted by Gasteiger charge is -2.37. The number of nitrogens with one attached hydrogen (secondary N) is 4. The van der Waals surface area contributed by atoms with Gasteiger partial charge in [-0.2, -0.15) is 0 Å². The molecule has 11 nitrogen and oxygen atoms in total. The fourth-order valence-electron chi connectivity index (χ4n) is 11.9. The zero-order valence-electron chi connectivity index (χ0n) is 48.2. The van der Waals surface area contributed by atoms with Crippen LogP contribution in [0.1, 0.15) is 116 Å². The molecule has 15 heteroatoms. The lowest BCUT2D eigenvalue weighted by atomic mass is 9.67. The number of rotatable bonds is 16. The Morgan fingerprint density at radius 1 is 0.595 bits per heavy atom. The number of fused-ring (bicyclic) bond motifs is 2. The molecule has 0 unspecified atom stereocenters. The third kappa shape index (κ3) is 12.5. The molecular formula is C69H72F4N6O5. The maximum Gasteiger partial charge on any atom is 0.168 e. The average molecular weight is 1140 g/mol. The molecule has 84 heavy (non-hydrogen) atoms. The van der Waals surface area contributed by atoms with Crippen LogP contribution in [0.4, 0.5) is 17.6 Å². The SMILES string of the molecule is C=CCCc1cccc(C2(c3cnc(-c4cc(Oc5c(F)cc6[nH]ccc6c5C)ccc4F)[nH]3)CCCCC2)c1.CC.CO.Cc1c(Oc2ccc(F)c(-c3ncc(C4(c5cccc(CCC=O)c5)CCOCC4)[nH]3)c2)c(F)cc2[nH]ccc12. The van der Waals surface area contributed by atoms with E-state index in [9.17, 15) is 13.6 Å². The summed E-state index contributed by atoms with van der Waals surface area (Å²) in [6, 6.07) is 32.4. The van der Waals surface area contributed by atoms with Crippen LogP contribution < -0.4 is 9.47 Å². The molecule has 1 aliphatic carbocycles. The summed E-state index contributed by atoms with van der Waals surface area (Å²) < 4.78 is 77.7. The standard InChI is InChI=1S/C34H33F2N3O.C32H29F2N3O3.C2H6.CH4O/c1-3-4-9-23-10-8-11-24(18-23)34(15-6-5-7-16-34)31-21-38-33(39-31)27-19-25(12-13-28(27)35)40-32-22(2)26-14-17-37-30(26)20-29(32)36;1-20-24-9-12-35-28(24)18-27(34)30(20)40-23-7-8-26(33)25(17-23)31-36-19-29(37-31)32(10-14-39-15-11-32)22-6-2-4-21(16-22)5-3-13-38;2*1-2/h3,8,10-14,17-21,37H,1,4-7,9,15-16H2,2H3,(H,38,39);2,4,6-9,12-13,16-19,35H,3,5,10-11,14-15H2,1H3,(H,36,37);1-2H3;2H,1H3. The van der Waals surface area contributed by atoms with Crippen LogP contribution in [0.2, 0.25) is 0 Å². The number of ether oxygens (including phenoxy) is 3. The second-order valence-electron chi connectivity index (χ2n) is 21.1. The maximum atomic E-state index is 15.2. The smallest absolute Gasteiger partial charge is 0.168 e. The zero-order chi connectivity index (χ0) is 59.4. The quantitative estimate of drug-likeness (QED) is 0.0367. The molecule has 2 aliphatic rings. The number of carbonyl (C=O) groups is 1. The number of aryl methyl sites for hydroxylation is 4. The summed E-state index contributed by atoms with van der Waals surface area (Å²) in [6.07, 6.45) is 20.0. The normalized spacial score (nSPS) is 14.3. The second-order valence-corrected chi connectivity index (χ2v) is 21.1. The van der Waals surface area contributed by atoms with Crippen LogP contribution in [0.25, 0.3) is 44.6 Å². The van der Waals surface area contributed by atoms with Gasteiger partial charge in [-0.1, -0.05) is 87.7 Å². The number of aliphatic hydroxyl groups excluding tert-OH is 1. The summed E-state index contributed by atoms with van der Waals surface area (Å²) in [6.45, 7) is 12.6. The Bertz CT molecular complexity index is 3620. The van der Waals surface area contributed by atoms with Gasteiger partial charge in [-0.15, -0.1) is 6.58 Å². The van der Waals surface area contributed by atoms with Crippen molar-refractivity contribution >= 4 is 28.1 Å². The fraction of sp³-hybridized carbons (Fsp3) is 0.290. The largest absolute Gasteiger partial charge is 0.454 e. The van der Waals surface area contributed by atoms with Crippen LogP contribution in [0, 0.1) is 37.1 Å². The zero-order valence-corrected chi connectivity index (χ0v) is 48.2. The first-order valence-corrected chi connectivity index (χ1v) is 28.8. The number of H-pyrrole nitrogens is 4. The minimum Gasteiger partial charge on any atom is -0.454 e. The van der Waals surface area contributed by atoms with Gasteiger partial charge >= 0.3 is 0 Å². The molecule has 436 valence electrons. The summed E-state index contributed by atoms with van der Waals surface area (Å²) in [7, 11) is 1.00. The van der Waals surface area contributed by atoms with Crippen LogP contribution >= 0.6 is 0 Å². The van der Waals surface area contributed by atoms with Crippen molar-refractivity contribution in [2.45, 2.75) is 109 Å². The van der Waals surface area contributed by atoms with E-state index in [1.54, 1.807) is 31.6 Å². The highest BCUT2D eigenvalue weighted by molar-refractivity contribution is 5.86. The molecule has 0 atom stereocenters. The minimum absolute atomic E-state index is 0.0976. The Hall–Kier alpha value is -8.53. The lowest BCUT2D eigenvalue weighted by Crippen LogP contribution is -2.35. The molecule has 12 rings (SSSR count). The van der Waals surface area contributed by atoms with Crippen molar-refractivity contribution in [3.63, 3.8) is 0 Å². The van der Waals surface area contributed by atoms with Crippen LogP contribution in [0.3, 0.4) is 0 Å². The number of hydrogen-bond donors (Lipinski definition) is 5. The third-order valence-electron chi connectivity index (χ3n) is 16.2. The summed E-state index contributed by atoms with van der Waals surface area (Å²) >= 11 is 0. The van der Waals surface area contributed by atoms with E-state index in [-0.39, 0.29) is 28.0 Å². The Labute approximate surface area is 487 Å². The predicted octanol–water partition coefficient (Wildman–Crippen LogP) is 17.1. The molecule has 4 aromatic heterocycles. The summed E-state index contributed by atoms with van der Waals surface area (Å²) in [5, 5.41) is 8.73. The predicted molar refractivity (Wildman–Crippen MR) is 324 cm³/mol. The molecule has 1 saturated heterocycles. The highest BCUT2D eigenvalue weighted by atomic mass is 19.1. The number of hydrogen-bond acceptors (Lipinski definition) is 7. The van der Waals surface area contributed by atoms with Gasteiger partial charge in [0.15, 0.2) is 23.1 Å². The highest BCUT2D eigenvalue weighted by Gasteiger charge is 2.40. The highest BCUT2D eigenvalue weighted by Crippen LogP contribution is 2.46. The molecule has 5 N–H and O–H groups in total. The Balaban J connectivity index is 0.000000190.